The minimum atomic E-state index is -0.896. The first-order valence-corrected chi connectivity index (χ1v) is 13.8. The minimum Gasteiger partial charge on any atom is -0.214 e. The Bertz CT molecular complexity index is 95.8. The Kier molecular flexibility index (Phi) is 8.88. The van der Waals surface area contributed by atoms with Gasteiger partial charge in [0, 0.05) is 0 Å². The van der Waals surface area contributed by atoms with Crippen molar-refractivity contribution in [1.29, 1.82) is 0 Å². The van der Waals surface area contributed by atoms with Gasteiger partial charge in [0.1, 0.15) is 0 Å². The van der Waals surface area contributed by atoms with Crippen LogP contribution in [-0.2, 0) is 11.6 Å². The molecule has 0 aliphatic carbocycles. The van der Waals surface area contributed by atoms with Crippen LogP contribution in [0.25, 0.3) is 0 Å². The smallest absolute Gasteiger partial charge is 0.172 e. The number of rotatable bonds is 0. The van der Waals surface area contributed by atoms with Gasteiger partial charge in [0.25, 0.3) is 0 Å². The van der Waals surface area contributed by atoms with Crippen LogP contribution in [0.1, 0.15) is 0 Å². The normalized spacial score (nSPS) is 7.44. The van der Waals surface area contributed by atoms with Crippen LogP contribution in [0.3, 0.4) is 0 Å². The van der Waals surface area contributed by atoms with E-state index >= 15 is 0 Å². The molecule has 0 aliphatic rings. The topological polar surface area (TPSA) is 0 Å². The van der Waals surface area contributed by atoms with Crippen molar-refractivity contribution < 1.29 is 11.6 Å². The van der Waals surface area contributed by atoms with Gasteiger partial charge in [-0.1, -0.05) is 0 Å². The van der Waals surface area contributed by atoms with Crippen molar-refractivity contribution in [3.63, 3.8) is 0 Å². The van der Waals surface area contributed by atoms with Gasteiger partial charge in [0.05, 0.1) is 0 Å². The summed E-state index contributed by atoms with van der Waals surface area (Å²) in [4.78, 5) is 0. The van der Waals surface area contributed by atoms with E-state index in [1.54, 1.807) is 0 Å². The second-order valence-corrected chi connectivity index (χ2v) is 24.8. The van der Waals surface area contributed by atoms with E-state index in [2.05, 4.69) is 39.5 Å². The second-order valence-electron chi connectivity index (χ2n) is 1.18. The molecule has 1 aromatic carbocycles. The van der Waals surface area contributed by atoms with Gasteiger partial charge in [-0.15, -0.1) is 0 Å². The van der Waals surface area contributed by atoms with Crippen molar-refractivity contribution in [3.05, 3.63) is 30.3 Å². The summed E-state index contributed by atoms with van der Waals surface area (Å²) < 4.78 is 0. The molecule has 0 bridgehead atoms. The van der Waals surface area contributed by atoms with Crippen LogP contribution in [0.15, 0.2) is 30.3 Å². The van der Waals surface area contributed by atoms with Crippen LogP contribution in [0.4, 0.5) is 0 Å². The summed E-state index contributed by atoms with van der Waals surface area (Å²) in [6.07, 6.45) is 0. The molecule has 0 spiro atoms. The third-order valence-corrected chi connectivity index (χ3v) is 0.556. The summed E-state index contributed by atoms with van der Waals surface area (Å²) in [5, 5.41) is 0. The van der Waals surface area contributed by atoms with E-state index in [0.717, 1.165) is 0 Å². The SMILES string of the molecule is [Br][Ti]([Br])[Br].c1cc[cH-]c1. The Morgan fingerprint density at radius 2 is 1.33 bits per heavy atom. The summed E-state index contributed by atoms with van der Waals surface area (Å²) >= 11 is 8.92. The molecule has 1 rings (SSSR count). The summed E-state index contributed by atoms with van der Waals surface area (Å²) in [5.74, 6) is 0. The van der Waals surface area contributed by atoms with E-state index < -0.39 is 11.6 Å². The minimum absolute atomic E-state index is 0.896. The maximum absolute atomic E-state index is 3.27. The summed E-state index contributed by atoms with van der Waals surface area (Å²) in [5.41, 5.74) is 0. The maximum atomic E-state index is 3.27. The third kappa shape index (κ3) is 12.7. The molecular weight excluding hydrogens is 348 g/mol. The van der Waals surface area contributed by atoms with Crippen LogP contribution in [0.5, 0.6) is 0 Å². The van der Waals surface area contributed by atoms with Crippen molar-refractivity contribution in [2.45, 2.75) is 0 Å². The molecule has 4 heteroatoms. The zero-order valence-electron chi connectivity index (χ0n) is 4.52. The van der Waals surface area contributed by atoms with Gasteiger partial charge >= 0.3 is 51.1 Å². The van der Waals surface area contributed by atoms with Crippen molar-refractivity contribution in [1.82, 2.24) is 0 Å². The zero-order valence-corrected chi connectivity index (χ0v) is 10.8. The number of hydrogen-bond acceptors (Lipinski definition) is 0. The monoisotopic (exact) mass is 350 g/mol. The van der Waals surface area contributed by atoms with E-state index in [-0.39, 0.29) is 0 Å². The van der Waals surface area contributed by atoms with Crippen LogP contribution < -0.4 is 0 Å². The van der Waals surface area contributed by atoms with Gasteiger partial charge in [-0.05, 0) is 0 Å². The Morgan fingerprint density at radius 3 is 1.44 bits per heavy atom. The average Bonchev–Trinajstić information content (AvgIpc) is 2.11. The van der Waals surface area contributed by atoms with Crippen molar-refractivity contribution in [2.75, 3.05) is 0 Å². The Morgan fingerprint density at radius 1 is 1.00 bits per heavy atom. The van der Waals surface area contributed by atoms with Crippen LogP contribution in [0.2, 0.25) is 0 Å². The van der Waals surface area contributed by atoms with Gasteiger partial charge in [0.2, 0.25) is 0 Å². The Hall–Kier alpha value is 1.50. The molecule has 0 unspecified atom stereocenters. The molecule has 0 aliphatic heterocycles. The Balaban J connectivity index is 0.000000148. The van der Waals surface area contributed by atoms with E-state index in [0.29, 0.717) is 0 Å². The molecule has 0 saturated heterocycles. The first kappa shape index (κ1) is 10.5. The maximum Gasteiger partial charge on any atom is -0.172 e. The summed E-state index contributed by atoms with van der Waals surface area (Å²) in [7, 11) is 0. The number of hydrogen-bond donors (Lipinski definition) is 0. The first-order valence-electron chi connectivity index (χ1n) is 2.23. The van der Waals surface area contributed by atoms with Gasteiger partial charge in [-0.2, -0.15) is 18.2 Å². The van der Waals surface area contributed by atoms with Crippen molar-refractivity contribution in [2.24, 2.45) is 0 Å². The number of halogens is 3. The summed E-state index contributed by atoms with van der Waals surface area (Å²) in [6, 6.07) is 10.0. The molecular formula is C5H5Br3Ti-. The largest absolute Gasteiger partial charge is 0.214 e. The van der Waals surface area contributed by atoms with Crippen LogP contribution in [-0.4, -0.2) is 0 Å². The Labute approximate surface area is 80.4 Å². The quantitative estimate of drug-likeness (QED) is 0.490. The predicted octanol–water partition coefficient (Wildman–Crippen LogP) is 3.94. The van der Waals surface area contributed by atoms with E-state index in [1.165, 1.54) is 0 Å². The molecule has 0 fully saturated rings. The summed E-state index contributed by atoms with van der Waals surface area (Å²) in [6.45, 7) is 0. The average molecular weight is 353 g/mol. The fraction of sp³-hybridized carbons (Fsp3) is 0. The standard InChI is InChI=1S/C5H5.3BrH.Ti/c1-2-4-5-3-1;;;;/h1-5H;3*1H;/q-1;;;;+3/p-3. The van der Waals surface area contributed by atoms with Crippen LogP contribution in [0, 0.1) is 0 Å². The van der Waals surface area contributed by atoms with Gasteiger partial charge < -0.3 is 0 Å². The predicted molar refractivity (Wildman–Crippen MR) is 48.8 cm³/mol. The van der Waals surface area contributed by atoms with Crippen molar-refractivity contribution >= 4 is 39.5 Å². The van der Waals surface area contributed by atoms with Crippen molar-refractivity contribution in [3.8, 4) is 0 Å². The molecule has 0 nitrogen and oxygen atoms in total. The molecule has 0 heterocycles. The molecule has 0 aromatic heterocycles. The molecule has 51 valence electrons. The molecule has 0 atom stereocenters. The fourth-order valence-corrected chi connectivity index (χ4v) is 0.321. The van der Waals surface area contributed by atoms with Gasteiger partial charge in [-0.25, -0.2) is 12.1 Å². The van der Waals surface area contributed by atoms with Crippen LogP contribution >= 0.6 is 39.5 Å². The van der Waals surface area contributed by atoms with Gasteiger partial charge in [0.15, 0.2) is 0 Å². The molecule has 9 heavy (non-hydrogen) atoms. The van der Waals surface area contributed by atoms with E-state index in [9.17, 15) is 0 Å². The second kappa shape index (κ2) is 7.61. The fourth-order valence-electron chi connectivity index (χ4n) is 0.321. The molecule has 0 saturated carbocycles. The van der Waals surface area contributed by atoms with E-state index in [1.807, 2.05) is 30.3 Å². The zero-order chi connectivity index (χ0) is 7.11. The molecule has 0 amide bonds. The van der Waals surface area contributed by atoms with Gasteiger partial charge in [-0.3, -0.25) is 0 Å². The molecule has 0 radical (unpaired) electrons. The molecule has 1 aromatic rings. The third-order valence-electron chi connectivity index (χ3n) is 0.556. The first-order chi connectivity index (χ1) is 4.23. The molecule has 0 N–H and O–H groups in total. The van der Waals surface area contributed by atoms with E-state index in [4.69, 9.17) is 0 Å².